The van der Waals surface area contributed by atoms with Crippen LogP contribution in [0.4, 0.5) is 0 Å². The van der Waals surface area contributed by atoms with Crippen LogP contribution in [-0.2, 0) is 11.3 Å². The normalized spacial score (nSPS) is 12.0. The molecule has 1 aromatic rings. The number of rotatable bonds is 4. The largest absolute Gasteiger partial charge is 0.340 e. The third-order valence-electron chi connectivity index (χ3n) is 2.76. The molecule has 1 unspecified atom stereocenters. The molecule has 4 heteroatoms. The maximum atomic E-state index is 12.1. The average Bonchev–Trinajstić information content (AvgIpc) is 2.29. The lowest BCUT2D eigenvalue weighted by Gasteiger charge is -2.22. The van der Waals surface area contributed by atoms with Gasteiger partial charge >= 0.3 is 0 Å². The predicted molar refractivity (Wildman–Crippen MR) is 71.9 cm³/mol. The number of benzene rings is 1. The summed E-state index contributed by atoms with van der Waals surface area (Å²) in [5.41, 5.74) is 0.957. The maximum Gasteiger partial charge on any atom is 0.240 e. The fourth-order valence-electron chi connectivity index (χ4n) is 1.71. The molecule has 0 saturated carbocycles. The minimum atomic E-state index is -0.589. The Morgan fingerprint density at radius 1 is 1.50 bits per heavy atom. The van der Waals surface area contributed by atoms with E-state index in [1.54, 1.807) is 18.0 Å². The summed E-state index contributed by atoms with van der Waals surface area (Å²) in [5.74, 6) is -0.717. The topological polar surface area (TPSA) is 44.1 Å². The van der Waals surface area contributed by atoms with Gasteiger partial charge in [-0.05, 0) is 23.6 Å². The molecule has 0 radical (unpaired) electrons. The van der Waals surface area contributed by atoms with E-state index >= 15 is 0 Å². The minimum Gasteiger partial charge on any atom is -0.340 e. The Hall–Kier alpha value is -1.53. The van der Waals surface area contributed by atoms with Gasteiger partial charge in [0.2, 0.25) is 5.91 Å². The molecule has 0 aliphatic carbocycles. The van der Waals surface area contributed by atoms with E-state index in [4.69, 9.17) is 16.9 Å². The molecule has 0 saturated heterocycles. The fourth-order valence-corrected chi connectivity index (χ4v) is 1.93. The van der Waals surface area contributed by atoms with Gasteiger partial charge in [0, 0.05) is 18.6 Å². The molecule has 0 heterocycles. The highest BCUT2D eigenvalue weighted by molar-refractivity contribution is 6.30. The van der Waals surface area contributed by atoms with Gasteiger partial charge in [0.25, 0.3) is 0 Å². The minimum absolute atomic E-state index is 0.0179. The van der Waals surface area contributed by atoms with Crippen molar-refractivity contribution in [1.29, 1.82) is 5.26 Å². The molecule has 1 amide bonds. The maximum absolute atomic E-state index is 12.1. The van der Waals surface area contributed by atoms with Gasteiger partial charge in [-0.1, -0.05) is 37.6 Å². The Morgan fingerprint density at radius 3 is 2.67 bits per heavy atom. The number of nitriles is 1. The zero-order valence-corrected chi connectivity index (χ0v) is 11.6. The first kappa shape index (κ1) is 14.5. The van der Waals surface area contributed by atoms with E-state index in [-0.39, 0.29) is 11.8 Å². The number of halogens is 1. The fraction of sp³-hybridized carbons (Fsp3) is 0.429. The number of nitrogens with zero attached hydrogens (tertiary/aromatic N) is 2. The van der Waals surface area contributed by atoms with Crippen LogP contribution in [0.5, 0.6) is 0 Å². The van der Waals surface area contributed by atoms with Crippen molar-refractivity contribution in [3.05, 3.63) is 34.9 Å². The molecule has 0 aliphatic heterocycles. The van der Waals surface area contributed by atoms with E-state index in [0.29, 0.717) is 11.6 Å². The van der Waals surface area contributed by atoms with E-state index < -0.39 is 5.92 Å². The number of carbonyl (C=O) groups excluding carboxylic acids is 1. The number of hydrogen-bond acceptors (Lipinski definition) is 2. The van der Waals surface area contributed by atoms with E-state index in [2.05, 4.69) is 6.07 Å². The van der Waals surface area contributed by atoms with Crippen molar-refractivity contribution >= 4 is 17.5 Å². The summed E-state index contributed by atoms with van der Waals surface area (Å²) in [7, 11) is 1.70. The van der Waals surface area contributed by atoms with Crippen molar-refractivity contribution in [2.24, 2.45) is 11.8 Å². The standard InChI is InChI=1S/C14H17ClN2O/c1-10(2)13(8-16)14(18)17(3)9-11-5-4-6-12(15)7-11/h4-7,10,13H,9H2,1-3H3. The molecule has 1 aromatic carbocycles. The van der Waals surface area contributed by atoms with Crippen molar-refractivity contribution in [2.75, 3.05) is 7.05 Å². The molecule has 0 aromatic heterocycles. The molecular weight excluding hydrogens is 248 g/mol. The van der Waals surface area contributed by atoms with Gasteiger partial charge in [0.1, 0.15) is 5.92 Å². The zero-order chi connectivity index (χ0) is 13.7. The molecule has 1 atom stereocenters. The molecule has 0 N–H and O–H groups in total. The predicted octanol–water partition coefficient (Wildman–Crippen LogP) is 3.09. The van der Waals surface area contributed by atoms with Gasteiger partial charge in [0.05, 0.1) is 6.07 Å². The van der Waals surface area contributed by atoms with Crippen LogP contribution in [0, 0.1) is 23.2 Å². The summed E-state index contributed by atoms with van der Waals surface area (Å²) in [4.78, 5) is 13.6. The van der Waals surface area contributed by atoms with Gasteiger partial charge in [0.15, 0.2) is 0 Å². The third-order valence-corrected chi connectivity index (χ3v) is 2.99. The van der Waals surface area contributed by atoms with Crippen LogP contribution < -0.4 is 0 Å². The van der Waals surface area contributed by atoms with E-state index in [1.165, 1.54) is 0 Å². The second-order valence-electron chi connectivity index (χ2n) is 4.68. The lowest BCUT2D eigenvalue weighted by atomic mass is 9.96. The van der Waals surface area contributed by atoms with Gasteiger partial charge in [-0.15, -0.1) is 0 Å². The lowest BCUT2D eigenvalue weighted by Crippen LogP contribution is -2.34. The Balaban J connectivity index is 2.74. The highest BCUT2D eigenvalue weighted by Gasteiger charge is 2.24. The van der Waals surface area contributed by atoms with Gasteiger partial charge in [-0.3, -0.25) is 4.79 Å². The summed E-state index contributed by atoms with van der Waals surface area (Å²) < 4.78 is 0. The van der Waals surface area contributed by atoms with Crippen molar-refractivity contribution in [2.45, 2.75) is 20.4 Å². The van der Waals surface area contributed by atoms with Crippen LogP contribution in [-0.4, -0.2) is 17.9 Å². The van der Waals surface area contributed by atoms with Crippen molar-refractivity contribution < 1.29 is 4.79 Å². The summed E-state index contributed by atoms with van der Waals surface area (Å²) in [5, 5.41) is 9.65. The lowest BCUT2D eigenvalue weighted by molar-refractivity contribution is -0.134. The van der Waals surface area contributed by atoms with Crippen LogP contribution in [0.3, 0.4) is 0 Å². The Kier molecular flexibility index (Phi) is 5.18. The Morgan fingerprint density at radius 2 is 2.17 bits per heavy atom. The monoisotopic (exact) mass is 264 g/mol. The smallest absolute Gasteiger partial charge is 0.240 e. The Labute approximate surface area is 113 Å². The van der Waals surface area contributed by atoms with Crippen LogP contribution in [0.25, 0.3) is 0 Å². The molecule has 96 valence electrons. The first-order valence-electron chi connectivity index (χ1n) is 5.84. The van der Waals surface area contributed by atoms with E-state index in [1.807, 2.05) is 32.0 Å². The highest BCUT2D eigenvalue weighted by Crippen LogP contribution is 2.16. The molecule has 1 rings (SSSR count). The second kappa shape index (κ2) is 6.42. The first-order valence-corrected chi connectivity index (χ1v) is 6.22. The third kappa shape index (κ3) is 3.75. The van der Waals surface area contributed by atoms with Crippen molar-refractivity contribution in [3.63, 3.8) is 0 Å². The SMILES string of the molecule is CC(C)C(C#N)C(=O)N(C)Cc1cccc(Cl)c1. The second-order valence-corrected chi connectivity index (χ2v) is 5.11. The van der Waals surface area contributed by atoms with E-state index in [0.717, 1.165) is 5.56 Å². The molecule has 3 nitrogen and oxygen atoms in total. The van der Waals surface area contributed by atoms with Crippen molar-refractivity contribution in [3.8, 4) is 6.07 Å². The molecular formula is C14H17ClN2O. The summed E-state index contributed by atoms with van der Waals surface area (Å²) in [6.45, 7) is 4.21. The summed E-state index contributed by atoms with van der Waals surface area (Å²) in [6.07, 6.45) is 0. The summed E-state index contributed by atoms with van der Waals surface area (Å²) in [6, 6.07) is 9.43. The molecule has 0 fully saturated rings. The first-order chi connectivity index (χ1) is 8.45. The molecule has 0 aliphatic rings. The van der Waals surface area contributed by atoms with Gasteiger partial charge < -0.3 is 4.90 Å². The molecule has 18 heavy (non-hydrogen) atoms. The number of hydrogen-bond donors (Lipinski definition) is 0. The number of carbonyl (C=O) groups is 1. The van der Waals surface area contributed by atoms with Gasteiger partial charge in [-0.2, -0.15) is 5.26 Å². The zero-order valence-electron chi connectivity index (χ0n) is 10.9. The van der Waals surface area contributed by atoms with Crippen LogP contribution in [0.1, 0.15) is 19.4 Å². The van der Waals surface area contributed by atoms with Crippen LogP contribution in [0.2, 0.25) is 5.02 Å². The van der Waals surface area contributed by atoms with Crippen LogP contribution in [0.15, 0.2) is 24.3 Å². The summed E-state index contributed by atoms with van der Waals surface area (Å²) >= 11 is 5.89. The van der Waals surface area contributed by atoms with Crippen LogP contribution >= 0.6 is 11.6 Å². The van der Waals surface area contributed by atoms with E-state index in [9.17, 15) is 4.79 Å². The highest BCUT2D eigenvalue weighted by atomic mass is 35.5. The average molecular weight is 265 g/mol. The molecule has 0 bridgehead atoms. The van der Waals surface area contributed by atoms with Crippen molar-refractivity contribution in [1.82, 2.24) is 4.90 Å². The number of amides is 1. The Bertz CT molecular complexity index is 465. The quantitative estimate of drug-likeness (QED) is 0.839. The molecule has 0 spiro atoms. The van der Waals surface area contributed by atoms with Gasteiger partial charge in [-0.25, -0.2) is 0 Å².